The van der Waals surface area contributed by atoms with Crippen molar-refractivity contribution in [3.63, 3.8) is 0 Å². The van der Waals surface area contributed by atoms with Crippen LogP contribution < -0.4 is 0 Å². The maximum Gasteiger partial charge on any atom is 0.116 e. The van der Waals surface area contributed by atoms with Crippen LogP contribution in [0.1, 0.15) is 11.3 Å². The molecule has 0 saturated carbocycles. The lowest BCUT2D eigenvalue weighted by molar-refractivity contribution is 0.282. The highest BCUT2D eigenvalue weighted by molar-refractivity contribution is 5.59. The van der Waals surface area contributed by atoms with E-state index in [0.717, 1.165) is 22.5 Å². The van der Waals surface area contributed by atoms with Crippen molar-refractivity contribution in [2.45, 2.75) is 13.5 Å². The third-order valence-electron chi connectivity index (χ3n) is 2.21. The number of nitrogens with zero attached hydrogens (tertiary/aromatic N) is 2. The fraction of sp³-hybridized carbons (Fsp3) is 0.167. The molecule has 3 heteroatoms. The lowest BCUT2D eigenvalue weighted by atomic mass is 10.1. The SMILES string of the molecule is Cc1cc(-c2cccc(CO)c2)ncn1. The molecule has 2 aromatic rings. The molecular weight excluding hydrogens is 188 g/mol. The van der Waals surface area contributed by atoms with E-state index < -0.39 is 0 Å². The largest absolute Gasteiger partial charge is 0.392 e. The summed E-state index contributed by atoms with van der Waals surface area (Å²) in [7, 11) is 0. The van der Waals surface area contributed by atoms with E-state index in [-0.39, 0.29) is 6.61 Å². The van der Waals surface area contributed by atoms with Crippen LogP contribution >= 0.6 is 0 Å². The topological polar surface area (TPSA) is 46.0 Å². The van der Waals surface area contributed by atoms with Gasteiger partial charge in [-0.3, -0.25) is 0 Å². The van der Waals surface area contributed by atoms with Gasteiger partial charge in [-0.25, -0.2) is 9.97 Å². The molecule has 76 valence electrons. The van der Waals surface area contributed by atoms with Gasteiger partial charge in [-0.1, -0.05) is 18.2 Å². The van der Waals surface area contributed by atoms with Crippen LogP contribution in [-0.4, -0.2) is 15.1 Å². The fourth-order valence-electron chi connectivity index (χ4n) is 1.44. The van der Waals surface area contributed by atoms with Gasteiger partial charge in [0.15, 0.2) is 0 Å². The van der Waals surface area contributed by atoms with Gasteiger partial charge in [-0.05, 0) is 24.6 Å². The molecule has 0 aliphatic heterocycles. The Hall–Kier alpha value is -1.74. The number of benzene rings is 1. The maximum atomic E-state index is 9.03. The van der Waals surface area contributed by atoms with Crippen molar-refractivity contribution in [1.29, 1.82) is 0 Å². The predicted octanol–water partition coefficient (Wildman–Crippen LogP) is 1.94. The third kappa shape index (κ3) is 2.19. The molecule has 1 N–H and O–H groups in total. The van der Waals surface area contributed by atoms with E-state index in [1.165, 1.54) is 0 Å². The van der Waals surface area contributed by atoms with Crippen LogP contribution in [0.5, 0.6) is 0 Å². The quantitative estimate of drug-likeness (QED) is 0.805. The van der Waals surface area contributed by atoms with Gasteiger partial charge in [0.05, 0.1) is 12.3 Å². The summed E-state index contributed by atoms with van der Waals surface area (Å²) in [4.78, 5) is 8.24. The molecule has 3 nitrogen and oxygen atoms in total. The Bertz CT molecular complexity index is 469. The van der Waals surface area contributed by atoms with E-state index >= 15 is 0 Å². The lowest BCUT2D eigenvalue weighted by Gasteiger charge is -2.03. The molecule has 1 aromatic heterocycles. The van der Waals surface area contributed by atoms with Crippen LogP contribution in [0.3, 0.4) is 0 Å². The summed E-state index contributed by atoms with van der Waals surface area (Å²) in [5, 5.41) is 9.03. The molecule has 0 saturated heterocycles. The molecule has 0 radical (unpaired) electrons. The minimum Gasteiger partial charge on any atom is -0.392 e. The Morgan fingerprint density at radius 1 is 1.20 bits per heavy atom. The molecule has 0 spiro atoms. The van der Waals surface area contributed by atoms with Gasteiger partial charge < -0.3 is 5.11 Å². The average Bonchev–Trinajstić information content (AvgIpc) is 2.29. The highest BCUT2D eigenvalue weighted by Crippen LogP contribution is 2.18. The fourth-order valence-corrected chi connectivity index (χ4v) is 1.44. The van der Waals surface area contributed by atoms with Gasteiger partial charge in [-0.15, -0.1) is 0 Å². The third-order valence-corrected chi connectivity index (χ3v) is 2.21. The molecule has 0 bridgehead atoms. The lowest BCUT2D eigenvalue weighted by Crippen LogP contribution is -1.89. The van der Waals surface area contributed by atoms with Crippen molar-refractivity contribution < 1.29 is 5.11 Å². The number of aliphatic hydroxyl groups excluding tert-OH is 1. The second-order valence-electron chi connectivity index (χ2n) is 3.40. The molecule has 0 fully saturated rings. The Labute approximate surface area is 88.5 Å². The number of hydrogen-bond donors (Lipinski definition) is 1. The van der Waals surface area contributed by atoms with Crippen molar-refractivity contribution in [3.8, 4) is 11.3 Å². The van der Waals surface area contributed by atoms with Crippen molar-refractivity contribution in [2.75, 3.05) is 0 Å². The van der Waals surface area contributed by atoms with E-state index in [2.05, 4.69) is 9.97 Å². The second kappa shape index (κ2) is 4.19. The van der Waals surface area contributed by atoms with Crippen molar-refractivity contribution in [1.82, 2.24) is 9.97 Å². The van der Waals surface area contributed by atoms with Crippen molar-refractivity contribution in [2.24, 2.45) is 0 Å². The first-order valence-corrected chi connectivity index (χ1v) is 4.78. The van der Waals surface area contributed by atoms with E-state index in [1.807, 2.05) is 37.3 Å². The van der Waals surface area contributed by atoms with Crippen LogP contribution in [0.25, 0.3) is 11.3 Å². The molecule has 15 heavy (non-hydrogen) atoms. The van der Waals surface area contributed by atoms with Gasteiger partial charge in [0, 0.05) is 11.3 Å². The van der Waals surface area contributed by atoms with E-state index in [4.69, 9.17) is 5.11 Å². The van der Waals surface area contributed by atoms with Crippen LogP contribution in [0.4, 0.5) is 0 Å². The molecule has 2 rings (SSSR count). The first kappa shape index (κ1) is 9.80. The number of rotatable bonds is 2. The zero-order valence-corrected chi connectivity index (χ0v) is 8.51. The summed E-state index contributed by atoms with van der Waals surface area (Å²) >= 11 is 0. The van der Waals surface area contributed by atoms with E-state index in [9.17, 15) is 0 Å². The number of aryl methyl sites for hydroxylation is 1. The van der Waals surface area contributed by atoms with Gasteiger partial charge in [0.25, 0.3) is 0 Å². The number of aliphatic hydroxyl groups is 1. The smallest absolute Gasteiger partial charge is 0.116 e. The molecule has 1 aromatic carbocycles. The van der Waals surface area contributed by atoms with Gasteiger partial charge in [0.1, 0.15) is 6.33 Å². The van der Waals surface area contributed by atoms with Crippen molar-refractivity contribution in [3.05, 3.63) is 47.9 Å². The normalized spacial score (nSPS) is 10.3. The first-order valence-electron chi connectivity index (χ1n) is 4.78. The van der Waals surface area contributed by atoms with Crippen molar-refractivity contribution >= 4 is 0 Å². The van der Waals surface area contributed by atoms with Gasteiger partial charge >= 0.3 is 0 Å². The van der Waals surface area contributed by atoms with E-state index in [1.54, 1.807) is 6.33 Å². The summed E-state index contributed by atoms with van der Waals surface area (Å²) in [5.41, 5.74) is 3.73. The molecule has 0 unspecified atom stereocenters. The van der Waals surface area contributed by atoms with Crippen LogP contribution in [0, 0.1) is 6.92 Å². The Balaban J connectivity index is 2.44. The van der Waals surface area contributed by atoms with E-state index in [0.29, 0.717) is 0 Å². The standard InChI is InChI=1S/C12H12N2O/c1-9-5-12(14-8-13-9)11-4-2-3-10(6-11)7-15/h2-6,8,15H,7H2,1H3. The summed E-state index contributed by atoms with van der Waals surface area (Å²) < 4.78 is 0. The summed E-state index contributed by atoms with van der Waals surface area (Å²) in [6.45, 7) is 1.99. The van der Waals surface area contributed by atoms with Gasteiger partial charge in [0.2, 0.25) is 0 Å². The number of hydrogen-bond acceptors (Lipinski definition) is 3. The second-order valence-corrected chi connectivity index (χ2v) is 3.40. The van der Waals surface area contributed by atoms with Crippen LogP contribution in [-0.2, 0) is 6.61 Å². The first-order chi connectivity index (χ1) is 7.29. The minimum atomic E-state index is 0.0535. The zero-order valence-electron chi connectivity index (χ0n) is 8.51. The molecular formula is C12H12N2O. The summed E-state index contributed by atoms with van der Waals surface area (Å²) in [5.74, 6) is 0. The molecule has 0 amide bonds. The molecule has 0 aliphatic carbocycles. The molecule has 0 aliphatic rings. The van der Waals surface area contributed by atoms with Gasteiger partial charge in [-0.2, -0.15) is 0 Å². The minimum absolute atomic E-state index is 0.0535. The predicted molar refractivity (Wildman–Crippen MR) is 58.1 cm³/mol. The zero-order chi connectivity index (χ0) is 10.7. The Kier molecular flexibility index (Phi) is 2.74. The monoisotopic (exact) mass is 200 g/mol. The van der Waals surface area contributed by atoms with Crippen LogP contribution in [0.15, 0.2) is 36.7 Å². The number of aromatic nitrogens is 2. The maximum absolute atomic E-state index is 9.03. The molecule has 0 atom stereocenters. The molecule has 1 heterocycles. The summed E-state index contributed by atoms with van der Waals surface area (Å²) in [6.07, 6.45) is 1.55. The highest BCUT2D eigenvalue weighted by atomic mass is 16.3. The Morgan fingerprint density at radius 2 is 2.07 bits per heavy atom. The summed E-state index contributed by atoms with van der Waals surface area (Å²) in [6, 6.07) is 9.63. The average molecular weight is 200 g/mol. The Morgan fingerprint density at radius 3 is 2.80 bits per heavy atom. The van der Waals surface area contributed by atoms with Crippen LogP contribution in [0.2, 0.25) is 0 Å². The highest BCUT2D eigenvalue weighted by Gasteiger charge is 2.00.